The van der Waals surface area contributed by atoms with E-state index in [1.807, 2.05) is 0 Å². The molecule has 6 saturated carbocycles. The quantitative estimate of drug-likeness (QED) is 0.223. The van der Waals surface area contributed by atoms with Crippen molar-refractivity contribution in [1.29, 1.82) is 0 Å². The van der Waals surface area contributed by atoms with Gasteiger partial charge in [-0.15, -0.1) is 0 Å². The first-order valence-electron chi connectivity index (χ1n) is 21.9. The van der Waals surface area contributed by atoms with Gasteiger partial charge >= 0.3 is 5.97 Å². The number of benzene rings is 1. The van der Waals surface area contributed by atoms with E-state index in [-0.39, 0.29) is 39.1 Å². The first kappa shape index (κ1) is 37.5. The van der Waals surface area contributed by atoms with E-state index in [4.69, 9.17) is 9.47 Å². The SMILES string of the molecule is CCCCCC[C@@]12C[C@@H]3CC[C@H]4C[C@]5(O)O[C@H](Cc6ccc(CCOC)cc6)[C@@]6(CC[C@@H]([C@]3(C)[C@H]46)[C@@]1(C)CC[C@@]1(C)CC[C@@](C)(C(=O)O)C[C@H]12)[C@H]5C. The molecule has 14 atom stereocenters. The number of carbonyl (C=O) groups is 1. The highest BCUT2D eigenvalue weighted by molar-refractivity contribution is 5.74. The molecule has 8 rings (SSSR count). The molecule has 1 saturated heterocycles. The Morgan fingerprint density at radius 2 is 1.62 bits per heavy atom. The monoisotopic (exact) mass is 717 g/mol. The second-order valence-electron chi connectivity index (χ2n) is 21.1. The van der Waals surface area contributed by atoms with Gasteiger partial charge < -0.3 is 19.7 Å². The van der Waals surface area contributed by atoms with Crippen LogP contribution in [0.2, 0.25) is 0 Å². The van der Waals surface area contributed by atoms with E-state index in [1.165, 1.54) is 81.8 Å². The smallest absolute Gasteiger partial charge is 0.309 e. The molecule has 1 heterocycles. The van der Waals surface area contributed by atoms with Crippen LogP contribution in [0.1, 0.15) is 155 Å². The van der Waals surface area contributed by atoms with Gasteiger partial charge in [-0.25, -0.2) is 0 Å². The summed E-state index contributed by atoms with van der Waals surface area (Å²) in [5.41, 5.74) is 2.81. The molecule has 1 aromatic rings. The summed E-state index contributed by atoms with van der Waals surface area (Å²) in [6.45, 7) is 15.6. The van der Waals surface area contributed by atoms with Crippen molar-refractivity contribution in [2.75, 3.05) is 13.7 Å². The molecule has 2 N–H and O–H groups in total. The molecule has 1 spiro atoms. The average molecular weight is 717 g/mol. The van der Waals surface area contributed by atoms with Crippen molar-refractivity contribution in [3.63, 3.8) is 0 Å². The Bertz CT molecular complexity index is 1510. The summed E-state index contributed by atoms with van der Waals surface area (Å²) >= 11 is 0. The molecule has 0 aromatic heterocycles. The van der Waals surface area contributed by atoms with Crippen LogP contribution in [0.5, 0.6) is 0 Å². The summed E-state index contributed by atoms with van der Waals surface area (Å²) in [6.07, 6.45) is 20.5. The molecule has 2 bridgehead atoms. The van der Waals surface area contributed by atoms with Crippen LogP contribution in [0.3, 0.4) is 0 Å². The van der Waals surface area contributed by atoms with Gasteiger partial charge in [0.05, 0.1) is 18.1 Å². The minimum Gasteiger partial charge on any atom is -0.481 e. The summed E-state index contributed by atoms with van der Waals surface area (Å²) in [4.78, 5) is 13.0. The van der Waals surface area contributed by atoms with Crippen molar-refractivity contribution >= 4 is 5.97 Å². The van der Waals surface area contributed by atoms with E-state index >= 15 is 0 Å². The number of fused-ring (bicyclic) bond motifs is 5. The van der Waals surface area contributed by atoms with Crippen LogP contribution in [0, 0.1) is 68.0 Å². The average Bonchev–Trinajstić information content (AvgIpc) is 3.22. The summed E-state index contributed by atoms with van der Waals surface area (Å²) in [7, 11) is 1.77. The highest BCUT2D eigenvalue weighted by Gasteiger charge is 2.80. The third kappa shape index (κ3) is 5.05. The van der Waals surface area contributed by atoms with E-state index in [0.717, 1.165) is 51.6 Å². The zero-order valence-electron chi connectivity index (χ0n) is 33.9. The zero-order valence-corrected chi connectivity index (χ0v) is 33.9. The molecule has 1 aromatic carbocycles. The fourth-order valence-electron chi connectivity index (χ4n) is 16.5. The van der Waals surface area contributed by atoms with Crippen molar-refractivity contribution in [1.82, 2.24) is 0 Å². The van der Waals surface area contributed by atoms with Crippen molar-refractivity contribution < 1.29 is 24.5 Å². The predicted molar refractivity (Wildman–Crippen MR) is 207 cm³/mol. The number of hydrogen-bond donors (Lipinski definition) is 2. The normalized spacial score (nSPS) is 50.2. The Morgan fingerprint density at radius 1 is 0.885 bits per heavy atom. The molecular formula is C47H72O5. The lowest BCUT2D eigenvalue weighted by Crippen LogP contribution is -2.74. The van der Waals surface area contributed by atoms with Crippen LogP contribution in [0.25, 0.3) is 0 Å². The number of aliphatic hydroxyl groups is 1. The van der Waals surface area contributed by atoms with Gasteiger partial charge in [0, 0.05) is 24.9 Å². The van der Waals surface area contributed by atoms with Crippen LogP contribution in [0.15, 0.2) is 24.3 Å². The molecular weight excluding hydrogens is 645 g/mol. The second-order valence-corrected chi connectivity index (χ2v) is 21.1. The second kappa shape index (κ2) is 12.8. The third-order valence-electron chi connectivity index (χ3n) is 19.3. The van der Waals surface area contributed by atoms with Gasteiger partial charge in [-0.2, -0.15) is 0 Å². The molecule has 5 heteroatoms. The molecule has 290 valence electrons. The van der Waals surface area contributed by atoms with Crippen LogP contribution in [-0.4, -0.2) is 41.8 Å². The van der Waals surface area contributed by atoms with Crippen LogP contribution in [0.4, 0.5) is 0 Å². The molecule has 6 aliphatic carbocycles. The van der Waals surface area contributed by atoms with E-state index in [0.29, 0.717) is 29.6 Å². The largest absolute Gasteiger partial charge is 0.481 e. The van der Waals surface area contributed by atoms with Gasteiger partial charge in [0.2, 0.25) is 0 Å². The topological polar surface area (TPSA) is 76.0 Å². The number of ether oxygens (including phenoxy) is 2. The van der Waals surface area contributed by atoms with Gasteiger partial charge in [-0.05, 0) is 153 Å². The number of unbranched alkanes of at least 4 members (excludes halogenated alkanes) is 3. The van der Waals surface area contributed by atoms with Crippen molar-refractivity contribution in [2.24, 2.45) is 68.0 Å². The summed E-state index contributed by atoms with van der Waals surface area (Å²) in [5.74, 6) is 1.34. The molecule has 5 nitrogen and oxygen atoms in total. The summed E-state index contributed by atoms with van der Waals surface area (Å²) in [6, 6.07) is 9.14. The van der Waals surface area contributed by atoms with Crippen molar-refractivity contribution in [3.05, 3.63) is 35.4 Å². The number of methoxy groups -OCH3 is 1. The van der Waals surface area contributed by atoms with Gasteiger partial charge in [-0.3, -0.25) is 4.79 Å². The maximum atomic E-state index is 13.0. The molecule has 1 aliphatic heterocycles. The molecule has 7 aliphatic rings. The standard InChI is InChI=1S/C47H72O5/c1-8-9-10-11-20-45-29-35-17-16-34-28-47(50)31(2)46(38(52-47)27-33-14-12-32(13-15-33)19-26-51-7)21-18-36(44(35,6)39(34)46)43(45,5)25-24-41(3)22-23-42(4,40(48)49)30-37(41)45/h12-15,31,34-39,50H,8-11,16-30H2,1-7H3,(H,48,49)/t31-,34+,35+,36-,37-,38-,39+,41-,42-,43-,44-,45+,46-,47+/m1/s1. The summed E-state index contributed by atoms with van der Waals surface area (Å²) < 4.78 is 12.4. The molecule has 52 heavy (non-hydrogen) atoms. The lowest BCUT2D eigenvalue weighted by molar-refractivity contribution is -0.314. The lowest BCUT2D eigenvalue weighted by Gasteiger charge is -2.79. The van der Waals surface area contributed by atoms with Crippen molar-refractivity contribution in [3.8, 4) is 0 Å². The van der Waals surface area contributed by atoms with Gasteiger partial charge in [0.1, 0.15) is 0 Å². The maximum absolute atomic E-state index is 13.0. The minimum absolute atomic E-state index is 0.0241. The van der Waals surface area contributed by atoms with E-state index in [1.54, 1.807) is 7.11 Å². The molecule has 0 unspecified atom stereocenters. The fraction of sp³-hybridized carbons (Fsp3) is 0.851. The van der Waals surface area contributed by atoms with Gasteiger partial charge in [0.25, 0.3) is 0 Å². The Morgan fingerprint density at radius 3 is 2.33 bits per heavy atom. The maximum Gasteiger partial charge on any atom is 0.309 e. The Labute approximate surface area is 315 Å². The predicted octanol–water partition coefficient (Wildman–Crippen LogP) is 10.6. The van der Waals surface area contributed by atoms with Gasteiger partial charge in [0.15, 0.2) is 5.79 Å². The van der Waals surface area contributed by atoms with Gasteiger partial charge in [-0.1, -0.05) is 84.6 Å². The van der Waals surface area contributed by atoms with Crippen LogP contribution < -0.4 is 0 Å². The van der Waals surface area contributed by atoms with E-state index in [9.17, 15) is 15.0 Å². The number of aliphatic carboxylic acids is 1. The number of rotatable bonds is 11. The molecule has 0 radical (unpaired) electrons. The van der Waals surface area contributed by atoms with Crippen LogP contribution in [-0.2, 0) is 27.1 Å². The first-order valence-corrected chi connectivity index (χ1v) is 21.9. The highest BCUT2D eigenvalue weighted by Crippen LogP contribution is 2.84. The summed E-state index contributed by atoms with van der Waals surface area (Å²) in [5, 5.41) is 23.1. The Kier molecular flexibility index (Phi) is 9.23. The van der Waals surface area contributed by atoms with E-state index < -0.39 is 17.2 Å². The first-order chi connectivity index (χ1) is 24.7. The van der Waals surface area contributed by atoms with E-state index in [2.05, 4.69) is 65.8 Å². The fourth-order valence-corrected chi connectivity index (χ4v) is 16.5. The Hall–Kier alpha value is -1.43. The minimum atomic E-state index is -1.03. The Balaban J connectivity index is 1.20. The van der Waals surface area contributed by atoms with Crippen molar-refractivity contribution in [2.45, 2.75) is 169 Å². The number of carboxylic acids is 1. The highest BCUT2D eigenvalue weighted by atomic mass is 16.6. The lowest BCUT2D eigenvalue weighted by atomic mass is 9.25. The molecule has 0 amide bonds. The zero-order chi connectivity index (χ0) is 37.0. The number of carboxylic acid groups (broad SMARTS) is 1. The van der Waals surface area contributed by atoms with Crippen LogP contribution >= 0.6 is 0 Å². The molecule has 7 fully saturated rings. The third-order valence-corrected chi connectivity index (χ3v) is 19.3. The number of hydrogen-bond acceptors (Lipinski definition) is 4.